The van der Waals surface area contributed by atoms with Gasteiger partial charge in [-0.3, -0.25) is 4.79 Å². The number of carbonyl (C=O) groups is 1. The molecule has 1 atom stereocenters. The molecule has 2 N–H and O–H groups in total. The van der Waals surface area contributed by atoms with Crippen LogP contribution in [0.5, 0.6) is 0 Å². The van der Waals surface area contributed by atoms with Crippen molar-refractivity contribution in [2.24, 2.45) is 0 Å². The molecule has 116 valence electrons. The van der Waals surface area contributed by atoms with Crippen molar-refractivity contribution in [2.75, 3.05) is 10.6 Å². The van der Waals surface area contributed by atoms with E-state index < -0.39 is 0 Å². The lowest BCUT2D eigenvalue weighted by molar-refractivity contribution is 0.102. The molecule has 0 saturated heterocycles. The number of halogens is 1. The molecule has 0 spiro atoms. The molecule has 2 aromatic rings. The predicted octanol–water partition coefficient (Wildman–Crippen LogP) is 4.01. The van der Waals surface area contributed by atoms with Gasteiger partial charge in [0, 0.05) is 22.3 Å². The first kappa shape index (κ1) is 16.4. The third-order valence-corrected chi connectivity index (χ3v) is 3.65. The fourth-order valence-electron chi connectivity index (χ4n) is 1.87. The highest BCUT2D eigenvalue weighted by Gasteiger charge is 2.12. The molecule has 0 aliphatic rings. The van der Waals surface area contributed by atoms with E-state index in [-0.39, 0.29) is 11.9 Å². The Labute approximate surface area is 138 Å². The number of hydrogen-bond donors (Lipinski definition) is 2. The fourth-order valence-corrected chi connectivity index (χ4v) is 2.27. The molecular weight excluding hydrogens is 344 g/mol. The second-order valence-corrected chi connectivity index (χ2v) is 6.02. The zero-order valence-corrected chi connectivity index (χ0v) is 14.4. The van der Waals surface area contributed by atoms with Crippen LogP contribution in [0.1, 0.15) is 36.6 Å². The van der Waals surface area contributed by atoms with E-state index in [2.05, 4.69) is 50.4 Å². The van der Waals surface area contributed by atoms with Crippen molar-refractivity contribution in [3.63, 3.8) is 0 Å². The number of amides is 1. The normalized spacial score (nSPS) is 11.8. The van der Waals surface area contributed by atoms with Crippen LogP contribution in [0, 0.1) is 6.92 Å². The van der Waals surface area contributed by atoms with Crippen LogP contribution >= 0.6 is 15.9 Å². The fraction of sp³-hybridized carbons (Fsp3) is 0.312. The van der Waals surface area contributed by atoms with Crippen molar-refractivity contribution >= 4 is 33.3 Å². The molecule has 22 heavy (non-hydrogen) atoms. The summed E-state index contributed by atoms with van der Waals surface area (Å²) in [6.45, 7) is 5.93. The van der Waals surface area contributed by atoms with Crippen LogP contribution in [-0.4, -0.2) is 21.9 Å². The number of nitrogens with one attached hydrogen (secondary N) is 2. The highest BCUT2D eigenvalue weighted by molar-refractivity contribution is 9.10. The molecule has 0 aliphatic carbocycles. The van der Waals surface area contributed by atoms with Gasteiger partial charge in [-0.25, -0.2) is 9.97 Å². The maximum absolute atomic E-state index is 12.3. The van der Waals surface area contributed by atoms with Crippen molar-refractivity contribution in [2.45, 2.75) is 33.2 Å². The summed E-state index contributed by atoms with van der Waals surface area (Å²) in [6, 6.07) is 9.39. The Morgan fingerprint density at radius 3 is 2.77 bits per heavy atom. The second kappa shape index (κ2) is 7.35. The lowest BCUT2D eigenvalue weighted by Crippen LogP contribution is -2.18. The predicted molar refractivity (Wildman–Crippen MR) is 92.2 cm³/mol. The number of carbonyl (C=O) groups excluding carboxylic acids is 1. The van der Waals surface area contributed by atoms with Crippen molar-refractivity contribution in [1.29, 1.82) is 0 Å². The molecule has 2 rings (SSSR count). The summed E-state index contributed by atoms with van der Waals surface area (Å²) < 4.78 is 0.906. The lowest BCUT2D eigenvalue weighted by atomic mass is 10.2. The Morgan fingerprint density at radius 1 is 1.32 bits per heavy atom. The Balaban J connectivity index is 2.18. The van der Waals surface area contributed by atoms with Gasteiger partial charge in [0.05, 0.1) is 0 Å². The van der Waals surface area contributed by atoms with Gasteiger partial charge in [0.15, 0.2) is 0 Å². The number of anilines is 2. The standard InChI is InChI=1S/C16H19BrN4O/c1-4-10(2)18-15-9-14(19-11(3)20-15)16(22)21-13-7-5-6-12(17)8-13/h5-10H,4H2,1-3H3,(H,21,22)(H,18,19,20). The Hall–Kier alpha value is -1.95. The van der Waals surface area contributed by atoms with Crippen LogP contribution in [0.25, 0.3) is 0 Å². The Kier molecular flexibility index (Phi) is 5.49. The third-order valence-electron chi connectivity index (χ3n) is 3.16. The van der Waals surface area contributed by atoms with Gasteiger partial charge < -0.3 is 10.6 Å². The molecule has 1 heterocycles. The molecule has 0 aliphatic heterocycles. The first-order valence-electron chi connectivity index (χ1n) is 7.17. The summed E-state index contributed by atoms with van der Waals surface area (Å²) >= 11 is 3.38. The smallest absolute Gasteiger partial charge is 0.274 e. The van der Waals surface area contributed by atoms with E-state index in [4.69, 9.17) is 0 Å². The van der Waals surface area contributed by atoms with Gasteiger partial charge in [0.1, 0.15) is 17.3 Å². The monoisotopic (exact) mass is 362 g/mol. The van der Waals surface area contributed by atoms with Crippen LogP contribution < -0.4 is 10.6 Å². The van der Waals surface area contributed by atoms with Crippen LogP contribution in [0.2, 0.25) is 0 Å². The van der Waals surface area contributed by atoms with Crippen molar-refractivity contribution in [3.05, 3.63) is 46.3 Å². The number of nitrogens with zero attached hydrogens (tertiary/aromatic N) is 2. The molecule has 0 saturated carbocycles. The first-order chi connectivity index (χ1) is 10.5. The molecular formula is C16H19BrN4O. The molecule has 1 aromatic heterocycles. The molecule has 1 amide bonds. The summed E-state index contributed by atoms with van der Waals surface area (Å²) in [6.07, 6.45) is 0.975. The van der Waals surface area contributed by atoms with Gasteiger partial charge in [0.25, 0.3) is 5.91 Å². The van der Waals surface area contributed by atoms with Crippen LogP contribution in [0.3, 0.4) is 0 Å². The van der Waals surface area contributed by atoms with E-state index >= 15 is 0 Å². The summed E-state index contributed by atoms with van der Waals surface area (Å²) in [5.41, 5.74) is 1.06. The average Bonchev–Trinajstić information content (AvgIpc) is 2.46. The zero-order valence-electron chi connectivity index (χ0n) is 12.9. The second-order valence-electron chi connectivity index (χ2n) is 5.10. The quantitative estimate of drug-likeness (QED) is 0.842. The molecule has 6 heteroatoms. The highest BCUT2D eigenvalue weighted by atomic mass is 79.9. The number of aryl methyl sites for hydroxylation is 1. The first-order valence-corrected chi connectivity index (χ1v) is 7.96. The van der Waals surface area contributed by atoms with Crippen LogP contribution in [-0.2, 0) is 0 Å². The Morgan fingerprint density at radius 2 is 2.09 bits per heavy atom. The maximum atomic E-state index is 12.3. The van der Waals surface area contributed by atoms with E-state index in [1.807, 2.05) is 24.3 Å². The number of rotatable bonds is 5. The summed E-state index contributed by atoms with van der Waals surface area (Å²) in [7, 11) is 0. The van der Waals surface area contributed by atoms with Crippen molar-refractivity contribution in [1.82, 2.24) is 9.97 Å². The molecule has 5 nitrogen and oxygen atoms in total. The van der Waals surface area contributed by atoms with Gasteiger partial charge in [-0.05, 0) is 38.5 Å². The maximum Gasteiger partial charge on any atom is 0.274 e. The third kappa shape index (κ3) is 4.53. The van der Waals surface area contributed by atoms with Gasteiger partial charge in [-0.1, -0.05) is 28.9 Å². The van der Waals surface area contributed by atoms with E-state index in [0.717, 1.165) is 10.9 Å². The van der Waals surface area contributed by atoms with Gasteiger partial charge >= 0.3 is 0 Å². The van der Waals surface area contributed by atoms with E-state index in [1.54, 1.807) is 13.0 Å². The Bertz CT molecular complexity index is 675. The van der Waals surface area contributed by atoms with E-state index in [9.17, 15) is 4.79 Å². The van der Waals surface area contributed by atoms with Gasteiger partial charge in [-0.15, -0.1) is 0 Å². The van der Waals surface area contributed by atoms with Gasteiger partial charge in [-0.2, -0.15) is 0 Å². The molecule has 0 fully saturated rings. The minimum Gasteiger partial charge on any atom is -0.368 e. The topological polar surface area (TPSA) is 66.9 Å². The minimum atomic E-state index is -0.254. The summed E-state index contributed by atoms with van der Waals surface area (Å²) in [4.78, 5) is 20.9. The molecule has 1 unspecified atom stereocenters. The minimum absolute atomic E-state index is 0.254. The van der Waals surface area contributed by atoms with Crippen molar-refractivity contribution in [3.8, 4) is 0 Å². The van der Waals surface area contributed by atoms with Crippen LogP contribution in [0.15, 0.2) is 34.8 Å². The summed E-state index contributed by atoms with van der Waals surface area (Å²) in [5, 5.41) is 6.10. The summed E-state index contributed by atoms with van der Waals surface area (Å²) in [5.74, 6) is 0.977. The molecule has 1 aromatic carbocycles. The van der Waals surface area contributed by atoms with E-state index in [0.29, 0.717) is 23.0 Å². The number of aromatic nitrogens is 2. The SMILES string of the molecule is CCC(C)Nc1cc(C(=O)Nc2cccc(Br)c2)nc(C)n1. The number of benzene rings is 1. The van der Waals surface area contributed by atoms with Crippen molar-refractivity contribution < 1.29 is 4.79 Å². The zero-order chi connectivity index (χ0) is 16.1. The van der Waals surface area contributed by atoms with E-state index in [1.165, 1.54) is 0 Å². The lowest BCUT2D eigenvalue weighted by Gasteiger charge is -2.13. The highest BCUT2D eigenvalue weighted by Crippen LogP contribution is 2.17. The number of hydrogen-bond acceptors (Lipinski definition) is 4. The van der Waals surface area contributed by atoms with Crippen LogP contribution in [0.4, 0.5) is 11.5 Å². The average molecular weight is 363 g/mol. The molecule has 0 bridgehead atoms. The van der Waals surface area contributed by atoms with Gasteiger partial charge in [0.2, 0.25) is 0 Å². The largest absolute Gasteiger partial charge is 0.368 e. The molecule has 0 radical (unpaired) electrons.